The van der Waals surface area contributed by atoms with Gasteiger partial charge in [-0.1, -0.05) is 0 Å². The number of aromatic nitrogens is 1. The van der Waals surface area contributed by atoms with Gasteiger partial charge >= 0.3 is 0 Å². The van der Waals surface area contributed by atoms with Crippen LogP contribution in [-0.4, -0.2) is 29.4 Å². The molecule has 2 rings (SSSR count). The first-order valence-corrected chi connectivity index (χ1v) is 5.76. The summed E-state index contributed by atoms with van der Waals surface area (Å²) in [5.41, 5.74) is 0.525. The van der Waals surface area contributed by atoms with Crippen LogP contribution in [0, 0.1) is 0 Å². The second kappa shape index (κ2) is 5.43. The smallest absolute Gasteiger partial charge is 0.252 e. The van der Waals surface area contributed by atoms with Crippen LogP contribution in [0.15, 0.2) is 24.5 Å². The van der Waals surface area contributed by atoms with E-state index in [-0.39, 0.29) is 11.8 Å². The molecule has 0 radical (unpaired) electrons. The van der Waals surface area contributed by atoms with Gasteiger partial charge in [0.25, 0.3) is 5.91 Å². The second-order valence-corrected chi connectivity index (χ2v) is 4.05. The van der Waals surface area contributed by atoms with Gasteiger partial charge in [-0.3, -0.25) is 14.6 Å². The lowest BCUT2D eigenvalue weighted by molar-refractivity contribution is -0.122. The van der Waals surface area contributed by atoms with Crippen LogP contribution < -0.4 is 10.6 Å². The number of nitrogens with one attached hydrogen (secondary N) is 2. The Morgan fingerprint density at radius 3 is 2.88 bits per heavy atom. The van der Waals surface area contributed by atoms with Gasteiger partial charge < -0.3 is 10.6 Å². The van der Waals surface area contributed by atoms with Crippen LogP contribution in [0.25, 0.3) is 0 Å². The molecule has 2 amide bonds. The van der Waals surface area contributed by atoms with Crippen molar-refractivity contribution < 1.29 is 9.59 Å². The van der Waals surface area contributed by atoms with Crippen LogP contribution in [0.2, 0.25) is 0 Å². The lowest BCUT2D eigenvalue weighted by atomic mass is 10.1. The van der Waals surface area contributed by atoms with Gasteiger partial charge in [0.05, 0.1) is 0 Å². The quantitative estimate of drug-likeness (QED) is 0.780. The third-order valence-electron chi connectivity index (χ3n) is 2.78. The minimum absolute atomic E-state index is 0.0927. The highest BCUT2D eigenvalue weighted by atomic mass is 16.2. The Morgan fingerprint density at radius 2 is 2.12 bits per heavy atom. The molecule has 2 N–H and O–H groups in total. The summed E-state index contributed by atoms with van der Waals surface area (Å²) in [5.74, 6) is -0.320. The van der Waals surface area contributed by atoms with Crippen LogP contribution in [0.1, 0.15) is 29.6 Å². The molecule has 5 heteroatoms. The van der Waals surface area contributed by atoms with E-state index in [1.807, 2.05) is 0 Å². The van der Waals surface area contributed by atoms with Crippen LogP contribution in [0.3, 0.4) is 0 Å². The van der Waals surface area contributed by atoms with Crippen LogP contribution >= 0.6 is 0 Å². The molecule has 1 saturated heterocycles. The van der Waals surface area contributed by atoms with E-state index in [1.54, 1.807) is 24.5 Å². The van der Waals surface area contributed by atoms with E-state index in [4.69, 9.17) is 0 Å². The van der Waals surface area contributed by atoms with Crippen molar-refractivity contribution >= 4 is 11.8 Å². The van der Waals surface area contributed by atoms with E-state index in [1.165, 1.54) is 0 Å². The minimum Gasteiger partial charge on any atom is -0.354 e. The normalized spacial score (nSPS) is 20.2. The summed E-state index contributed by atoms with van der Waals surface area (Å²) in [7, 11) is 0. The summed E-state index contributed by atoms with van der Waals surface area (Å²) in [6.45, 7) is 0.695. The van der Waals surface area contributed by atoms with Crippen molar-refractivity contribution in [1.29, 1.82) is 0 Å². The SMILES string of the molecule is O=C(N[C@@H]1CCCCNC1=O)c1ccncc1. The molecule has 0 aromatic carbocycles. The van der Waals surface area contributed by atoms with Gasteiger partial charge in [0.15, 0.2) is 0 Å². The van der Waals surface area contributed by atoms with E-state index in [9.17, 15) is 9.59 Å². The Hall–Kier alpha value is -1.91. The Balaban J connectivity index is 2.00. The molecule has 0 unspecified atom stereocenters. The number of carbonyl (C=O) groups is 2. The van der Waals surface area contributed by atoms with Gasteiger partial charge in [-0.15, -0.1) is 0 Å². The van der Waals surface area contributed by atoms with Crippen LogP contribution in [-0.2, 0) is 4.79 Å². The Bertz CT molecular complexity index is 405. The van der Waals surface area contributed by atoms with Crippen LogP contribution in [0.4, 0.5) is 0 Å². The maximum absolute atomic E-state index is 11.9. The largest absolute Gasteiger partial charge is 0.354 e. The van der Waals surface area contributed by atoms with Crippen molar-refractivity contribution in [2.75, 3.05) is 6.54 Å². The predicted octanol–water partition coefficient (Wildman–Crippen LogP) is 0.480. The summed E-state index contributed by atoms with van der Waals surface area (Å²) in [4.78, 5) is 27.3. The van der Waals surface area contributed by atoms with E-state index in [2.05, 4.69) is 15.6 Å². The van der Waals surface area contributed by atoms with Crippen molar-refractivity contribution in [2.45, 2.75) is 25.3 Å². The molecule has 1 aliphatic heterocycles. The Kier molecular flexibility index (Phi) is 3.69. The molecule has 2 heterocycles. The summed E-state index contributed by atoms with van der Waals surface area (Å²) >= 11 is 0. The molecule has 1 aromatic heterocycles. The minimum atomic E-state index is -0.418. The number of hydrogen-bond donors (Lipinski definition) is 2. The number of rotatable bonds is 2. The highest BCUT2D eigenvalue weighted by Crippen LogP contribution is 2.06. The van der Waals surface area contributed by atoms with Gasteiger partial charge in [0, 0.05) is 24.5 Å². The summed E-state index contributed by atoms with van der Waals surface area (Å²) < 4.78 is 0. The molecule has 0 bridgehead atoms. The number of amides is 2. The molecule has 0 spiro atoms. The van der Waals surface area contributed by atoms with Crippen molar-refractivity contribution in [3.63, 3.8) is 0 Å². The first-order chi connectivity index (χ1) is 8.27. The van der Waals surface area contributed by atoms with Crippen molar-refractivity contribution in [2.24, 2.45) is 0 Å². The molecular weight excluding hydrogens is 218 g/mol. The number of hydrogen-bond acceptors (Lipinski definition) is 3. The Labute approximate surface area is 99.6 Å². The predicted molar refractivity (Wildman–Crippen MR) is 62.4 cm³/mol. The van der Waals surface area contributed by atoms with E-state index < -0.39 is 6.04 Å². The lowest BCUT2D eigenvalue weighted by Crippen LogP contribution is -2.45. The third kappa shape index (κ3) is 3.03. The maximum atomic E-state index is 11.9. The zero-order valence-corrected chi connectivity index (χ0v) is 9.48. The standard InChI is InChI=1S/C12H15N3O2/c16-11(9-4-7-13-8-5-9)15-10-3-1-2-6-14-12(10)17/h4-5,7-8,10H,1-3,6H2,(H,14,17)(H,15,16)/t10-/m1/s1. The average molecular weight is 233 g/mol. The number of pyridine rings is 1. The summed E-state index contributed by atoms with van der Waals surface area (Å²) in [6.07, 6.45) is 5.72. The van der Waals surface area contributed by atoms with Crippen molar-refractivity contribution in [3.05, 3.63) is 30.1 Å². The van der Waals surface area contributed by atoms with Crippen molar-refractivity contribution in [1.82, 2.24) is 15.6 Å². The molecule has 1 atom stereocenters. The summed E-state index contributed by atoms with van der Waals surface area (Å²) in [6, 6.07) is 2.84. The fourth-order valence-corrected chi connectivity index (χ4v) is 1.82. The number of carbonyl (C=O) groups excluding carboxylic acids is 2. The fraction of sp³-hybridized carbons (Fsp3) is 0.417. The van der Waals surface area contributed by atoms with Gasteiger partial charge in [-0.2, -0.15) is 0 Å². The number of nitrogens with zero attached hydrogens (tertiary/aromatic N) is 1. The molecule has 1 aromatic rings. The molecule has 90 valence electrons. The average Bonchev–Trinajstić information content (AvgIpc) is 2.56. The van der Waals surface area contributed by atoms with Gasteiger partial charge in [0.1, 0.15) is 6.04 Å². The van der Waals surface area contributed by atoms with E-state index in [0.29, 0.717) is 18.5 Å². The highest BCUT2D eigenvalue weighted by Gasteiger charge is 2.22. The zero-order chi connectivity index (χ0) is 12.1. The van der Waals surface area contributed by atoms with Crippen molar-refractivity contribution in [3.8, 4) is 0 Å². The van der Waals surface area contributed by atoms with Crippen LogP contribution in [0.5, 0.6) is 0 Å². The highest BCUT2D eigenvalue weighted by molar-refractivity contribution is 5.97. The fourth-order valence-electron chi connectivity index (χ4n) is 1.82. The van der Waals surface area contributed by atoms with E-state index >= 15 is 0 Å². The molecule has 1 aliphatic rings. The van der Waals surface area contributed by atoms with Gasteiger partial charge in [0.2, 0.25) is 5.91 Å². The first kappa shape index (κ1) is 11.6. The molecular formula is C12H15N3O2. The molecule has 17 heavy (non-hydrogen) atoms. The van der Waals surface area contributed by atoms with Gasteiger partial charge in [-0.05, 0) is 31.4 Å². The molecule has 0 aliphatic carbocycles. The summed E-state index contributed by atoms with van der Waals surface area (Å²) in [5, 5.41) is 5.53. The first-order valence-electron chi connectivity index (χ1n) is 5.76. The zero-order valence-electron chi connectivity index (χ0n) is 9.48. The second-order valence-electron chi connectivity index (χ2n) is 4.05. The third-order valence-corrected chi connectivity index (χ3v) is 2.78. The lowest BCUT2D eigenvalue weighted by Gasteiger charge is -2.14. The van der Waals surface area contributed by atoms with Gasteiger partial charge in [-0.25, -0.2) is 0 Å². The molecule has 1 fully saturated rings. The monoisotopic (exact) mass is 233 g/mol. The Morgan fingerprint density at radius 1 is 1.35 bits per heavy atom. The molecule has 0 saturated carbocycles. The topological polar surface area (TPSA) is 71.1 Å². The molecule has 5 nitrogen and oxygen atoms in total. The maximum Gasteiger partial charge on any atom is 0.252 e. The van der Waals surface area contributed by atoms with E-state index in [0.717, 1.165) is 12.8 Å².